The van der Waals surface area contributed by atoms with E-state index in [4.69, 9.17) is 4.74 Å². The average molecular weight is 258 g/mol. The van der Waals surface area contributed by atoms with Crippen molar-refractivity contribution in [1.82, 2.24) is 4.90 Å². The molecule has 3 rings (SSSR count). The number of thioether (sulfide) groups is 1. The van der Waals surface area contributed by atoms with Gasteiger partial charge in [-0.25, -0.2) is 0 Å². The summed E-state index contributed by atoms with van der Waals surface area (Å²) >= 11 is 1.59. The maximum Gasteiger partial charge on any atom is 0.162 e. The first-order valence-corrected chi connectivity index (χ1v) is 7.02. The number of likely N-dealkylation sites (tertiary alicyclic amines) is 1. The highest BCUT2D eigenvalue weighted by atomic mass is 32.2. The van der Waals surface area contributed by atoms with Crippen molar-refractivity contribution in [3.05, 3.63) is 0 Å². The van der Waals surface area contributed by atoms with Crippen molar-refractivity contribution in [2.24, 2.45) is 10.9 Å². The summed E-state index contributed by atoms with van der Waals surface area (Å²) in [6, 6.07) is -0.173. The fourth-order valence-corrected chi connectivity index (χ4v) is 3.72. The summed E-state index contributed by atoms with van der Waals surface area (Å²) in [4.78, 5) is 6.80. The standard InChI is InChI=1S/C11H18N2O3S/c1-6-7(5-14)16-10-8(9(6)15)12-11(17-10)13-3-2-4-13/h6-10,14-15H,2-5H2,1H3/t6-,7-,8-,9+,10-/m1/s1. The van der Waals surface area contributed by atoms with Gasteiger partial charge in [0, 0.05) is 19.0 Å². The molecule has 3 aliphatic rings. The Kier molecular flexibility index (Phi) is 3.06. The van der Waals surface area contributed by atoms with Crippen LogP contribution in [-0.2, 0) is 4.74 Å². The van der Waals surface area contributed by atoms with E-state index in [-0.39, 0.29) is 30.1 Å². The Bertz CT molecular complexity index is 335. The normalized spacial score (nSPS) is 45.2. The first-order chi connectivity index (χ1) is 8.20. The Balaban J connectivity index is 1.74. The van der Waals surface area contributed by atoms with Crippen LogP contribution in [0.3, 0.4) is 0 Å². The molecule has 2 N–H and O–H groups in total. The zero-order valence-electron chi connectivity index (χ0n) is 9.82. The van der Waals surface area contributed by atoms with Crippen LogP contribution in [0.25, 0.3) is 0 Å². The largest absolute Gasteiger partial charge is 0.394 e. The predicted molar refractivity (Wildman–Crippen MR) is 65.9 cm³/mol. The zero-order chi connectivity index (χ0) is 12.0. The first-order valence-electron chi connectivity index (χ1n) is 6.14. The molecule has 6 heteroatoms. The Morgan fingerprint density at radius 1 is 1.53 bits per heavy atom. The van der Waals surface area contributed by atoms with Crippen LogP contribution < -0.4 is 0 Å². The molecule has 5 nitrogen and oxygen atoms in total. The van der Waals surface area contributed by atoms with Crippen molar-refractivity contribution in [2.45, 2.75) is 37.0 Å². The van der Waals surface area contributed by atoms with Crippen molar-refractivity contribution in [3.63, 3.8) is 0 Å². The van der Waals surface area contributed by atoms with Crippen LogP contribution >= 0.6 is 11.8 Å². The second kappa shape index (κ2) is 4.42. The fraction of sp³-hybridized carbons (Fsp3) is 0.909. The van der Waals surface area contributed by atoms with Gasteiger partial charge in [-0.2, -0.15) is 0 Å². The second-order valence-electron chi connectivity index (χ2n) is 4.94. The highest BCUT2D eigenvalue weighted by Gasteiger charge is 2.47. The van der Waals surface area contributed by atoms with Crippen LogP contribution in [0.2, 0.25) is 0 Å². The summed E-state index contributed by atoms with van der Waals surface area (Å²) in [5.41, 5.74) is -0.131. The van der Waals surface area contributed by atoms with E-state index in [0.29, 0.717) is 0 Å². The van der Waals surface area contributed by atoms with Gasteiger partial charge in [0.1, 0.15) is 11.5 Å². The molecule has 0 unspecified atom stereocenters. The van der Waals surface area contributed by atoms with E-state index in [2.05, 4.69) is 9.89 Å². The molecule has 0 aromatic heterocycles. The fourth-order valence-electron chi connectivity index (χ4n) is 2.44. The molecule has 5 atom stereocenters. The molecule has 2 saturated heterocycles. The van der Waals surface area contributed by atoms with Gasteiger partial charge in [0.2, 0.25) is 0 Å². The third kappa shape index (κ3) is 1.87. The van der Waals surface area contributed by atoms with Crippen molar-refractivity contribution in [2.75, 3.05) is 19.7 Å². The van der Waals surface area contributed by atoms with E-state index in [1.54, 1.807) is 11.8 Å². The highest BCUT2D eigenvalue weighted by molar-refractivity contribution is 8.14. The lowest BCUT2D eigenvalue weighted by molar-refractivity contribution is -0.124. The number of rotatable bonds is 1. The van der Waals surface area contributed by atoms with Gasteiger partial charge in [0.25, 0.3) is 0 Å². The topological polar surface area (TPSA) is 65.3 Å². The quantitative estimate of drug-likeness (QED) is 0.686. The van der Waals surface area contributed by atoms with Gasteiger partial charge >= 0.3 is 0 Å². The third-order valence-electron chi connectivity index (χ3n) is 3.85. The van der Waals surface area contributed by atoms with E-state index < -0.39 is 6.10 Å². The zero-order valence-corrected chi connectivity index (χ0v) is 10.6. The lowest BCUT2D eigenvalue weighted by Gasteiger charge is -2.38. The Labute approximate surface area is 105 Å². The number of aliphatic imine (C=N–C) groups is 1. The number of hydrogen-bond acceptors (Lipinski definition) is 6. The van der Waals surface area contributed by atoms with Crippen molar-refractivity contribution >= 4 is 16.9 Å². The number of ether oxygens (including phenoxy) is 1. The lowest BCUT2D eigenvalue weighted by atomic mass is 9.90. The van der Waals surface area contributed by atoms with Crippen LogP contribution in [0.1, 0.15) is 13.3 Å². The molecule has 0 spiro atoms. The minimum Gasteiger partial charge on any atom is -0.394 e. The number of aliphatic hydroxyl groups is 2. The Morgan fingerprint density at radius 2 is 2.29 bits per heavy atom. The maximum atomic E-state index is 10.2. The summed E-state index contributed by atoms with van der Waals surface area (Å²) in [7, 11) is 0. The van der Waals surface area contributed by atoms with Gasteiger partial charge in [0.15, 0.2) is 5.17 Å². The number of nitrogens with zero attached hydrogens (tertiary/aromatic N) is 2. The van der Waals surface area contributed by atoms with Crippen LogP contribution in [0.4, 0.5) is 0 Å². The molecule has 3 heterocycles. The van der Waals surface area contributed by atoms with Crippen LogP contribution in [0, 0.1) is 5.92 Å². The van der Waals surface area contributed by atoms with Gasteiger partial charge in [-0.1, -0.05) is 18.7 Å². The van der Waals surface area contributed by atoms with Gasteiger partial charge in [-0.15, -0.1) is 0 Å². The molecular weight excluding hydrogens is 240 g/mol. The number of fused-ring (bicyclic) bond motifs is 1. The first kappa shape index (κ1) is 11.8. The lowest BCUT2D eigenvalue weighted by Crippen LogP contribution is -2.51. The molecule has 3 aliphatic heterocycles. The molecule has 0 saturated carbocycles. The van der Waals surface area contributed by atoms with Gasteiger partial charge in [-0.05, 0) is 6.42 Å². The van der Waals surface area contributed by atoms with Crippen LogP contribution in [0.5, 0.6) is 0 Å². The smallest absolute Gasteiger partial charge is 0.162 e. The molecule has 0 radical (unpaired) electrons. The average Bonchev–Trinajstić information content (AvgIpc) is 2.64. The SMILES string of the molecule is C[C@H]1[C@H](O)[C@H]2N=C(N3CCC3)S[C@H]2O[C@@H]1CO. The summed E-state index contributed by atoms with van der Waals surface area (Å²) in [6.07, 6.45) is 0.426. The predicted octanol–water partition coefficient (Wildman–Crippen LogP) is -0.122. The molecule has 17 heavy (non-hydrogen) atoms. The highest BCUT2D eigenvalue weighted by Crippen LogP contribution is 2.40. The molecule has 0 amide bonds. The van der Waals surface area contributed by atoms with Crippen LogP contribution in [0.15, 0.2) is 4.99 Å². The number of hydrogen-bond donors (Lipinski definition) is 2. The summed E-state index contributed by atoms with van der Waals surface area (Å²) < 4.78 is 5.80. The van der Waals surface area contributed by atoms with E-state index in [0.717, 1.165) is 18.3 Å². The van der Waals surface area contributed by atoms with Crippen LogP contribution in [-0.4, -0.2) is 63.7 Å². The maximum absolute atomic E-state index is 10.2. The van der Waals surface area contributed by atoms with Crippen molar-refractivity contribution in [1.29, 1.82) is 0 Å². The minimum atomic E-state index is -0.517. The van der Waals surface area contributed by atoms with Gasteiger partial charge in [-0.3, -0.25) is 4.99 Å². The minimum absolute atomic E-state index is 0.0406. The third-order valence-corrected chi connectivity index (χ3v) is 5.05. The monoisotopic (exact) mass is 258 g/mol. The number of aliphatic hydroxyl groups excluding tert-OH is 2. The van der Waals surface area contributed by atoms with E-state index in [1.807, 2.05) is 6.92 Å². The van der Waals surface area contributed by atoms with Gasteiger partial charge in [0.05, 0.1) is 18.8 Å². The Hall–Kier alpha value is -0.300. The van der Waals surface area contributed by atoms with Gasteiger partial charge < -0.3 is 19.8 Å². The van der Waals surface area contributed by atoms with E-state index in [1.165, 1.54) is 6.42 Å². The Morgan fingerprint density at radius 3 is 2.88 bits per heavy atom. The van der Waals surface area contributed by atoms with Crippen molar-refractivity contribution in [3.8, 4) is 0 Å². The summed E-state index contributed by atoms with van der Waals surface area (Å²) in [5, 5.41) is 20.4. The molecule has 0 bridgehead atoms. The van der Waals surface area contributed by atoms with E-state index >= 15 is 0 Å². The summed E-state index contributed by atoms with van der Waals surface area (Å²) in [6.45, 7) is 3.98. The molecule has 2 fully saturated rings. The van der Waals surface area contributed by atoms with E-state index in [9.17, 15) is 10.2 Å². The number of amidine groups is 1. The van der Waals surface area contributed by atoms with Crippen molar-refractivity contribution < 1.29 is 14.9 Å². The molecular formula is C11H18N2O3S. The molecule has 96 valence electrons. The second-order valence-corrected chi connectivity index (χ2v) is 6.00. The molecule has 0 aromatic carbocycles. The molecule has 0 aliphatic carbocycles. The summed E-state index contributed by atoms with van der Waals surface area (Å²) in [5.74, 6) is -0.0682. The molecule has 0 aromatic rings.